The number of methoxy groups -OCH3 is 1. The third kappa shape index (κ3) is 2.73. The molecule has 5 heteroatoms. The highest BCUT2D eigenvalue weighted by molar-refractivity contribution is 5.90. The molecular weight excluding hydrogens is 232 g/mol. The Morgan fingerprint density at radius 3 is 2.89 bits per heavy atom. The van der Waals surface area contributed by atoms with Crippen LogP contribution >= 0.6 is 0 Å². The van der Waals surface area contributed by atoms with Crippen molar-refractivity contribution in [2.45, 2.75) is 31.4 Å². The minimum Gasteiger partial charge on any atom is -0.478 e. The van der Waals surface area contributed by atoms with E-state index in [0.29, 0.717) is 17.4 Å². The summed E-state index contributed by atoms with van der Waals surface area (Å²) >= 11 is 0. The van der Waals surface area contributed by atoms with Gasteiger partial charge in [-0.05, 0) is 37.5 Å². The summed E-state index contributed by atoms with van der Waals surface area (Å²) in [5.41, 5.74) is 7.35. The van der Waals surface area contributed by atoms with Crippen molar-refractivity contribution in [1.82, 2.24) is 0 Å². The molecule has 0 amide bonds. The molecule has 18 heavy (non-hydrogen) atoms. The molecule has 2 atom stereocenters. The third-order valence-corrected chi connectivity index (χ3v) is 3.38. The first kappa shape index (κ1) is 12.7. The second-order valence-electron chi connectivity index (χ2n) is 4.62. The molecule has 0 saturated heterocycles. The highest BCUT2D eigenvalue weighted by Crippen LogP contribution is 2.28. The summed E-state index contributed by atoms with van der Waals surface area (Å²) in [5.74, 6) is -0.945. The van der Waals surface area contributed by atoms with Gasteiger partial charge in [0, 0.05) is 13.2 Å². The Morgan fingerprint density at radius 2 is 2.28 bits per heavy atom. The molecule has 0 bridgehead atoms. The monoisotopic (exact) mass is 250 g/mol. The normalized spacial score (nSPS) is 22.9. The van der Waals surface area contributed by atoms with Gasteiger partial charge in [-0.15, -0.1) is 0 Å². The van der Waals surface area contributed by atoms with Crippen LogP contribution in [-0.4, -0.2) is 30.3 Å². The number of carbonyl (C=O) groups is 1. The largest absolute Gasteiger partial charge is 0.478 e. The lowest BCUT2D eigenvalue weighted by molar-refractivity contribution is 0.0697. The smallest absolute Gasteiger partial charge is 0.335 e. The Bertz CT molecular complexity index is 448. The lowest BCUT2D eigenvalue weighted by Gasteiger charge is -2.16. The van der Waals surface area contributed by atoms with Crippen LogP contribution in [0.3, 0.4) is 0 Å². The number of nitrogen functional groups attached to an aromatic ring is 1. The molecule has 1 saturated carbocycles. The van der Waals surface area contributed by atoms with Crippen LogP contribution in [0.5, 0.6) is 0 Å². The molecule has 2 rings (SSSR count). The van der Waals surface area contributed by atoms with Gasteiger partial charge in [0.05, 0.1) is 23.0 Å². The maximum Gasteiger partial charge on any atom is 0.335 e. The molecule has 4 N–H and O–H groups in total. The van der Waals surface area contributed by atoms with Gasteiger partial charge in [0.25, 0.3) is 0 Å². The highest BCUT2D eigenvalue weighted by Gasteiger charge is 2.24. The van der Waals surface area contributed by atoms with E-state index in [9.17, 15) is 4.79 Å². The molecule has 5 nitrogen and oxygen atoms in total. The van der Waals surface area contributed by atoms with Crippen molar-refractivity contribution in [2.24, 2.45) is 0 Å². The average molecular weight is 250 g/mol. The van der Waals surface area contributed by atoms with Gasteiger partial charge in [-0.2, -0.15) is 0 Å². The number of rotatable bonds is 4. The molecule has 0 heterocycles. The van der Waals surface area contributed by atoms with E-state index >= 15 is 0 Å². The number of aromatic carboxylic acids is 1. The molecule has 1 aliphatic carbocycles. The van der Waals surface area contributed by atoms with E-state index in [0.717, 1.165) is 19.3 Å². The number of hydrogen-bond donors (Lipinski definition) is 3. The van der Waals surface area contributed by atoms with Crippen molar-refractivity contribution >= 4 is 17.3 Å². The van der Waals surface area contributed by atoms with Crippen molar-refractivity contribution in [3.05, 3.63) is 23.8 Å². The van der Waals surface area contributed by atoms with E-state index < -0.39 is 5.97 Å². The minimum absolute atomic E-state index is 0.244. The Labute approximate surface area is 106 Å². The summed E-state index contributed by atoms with van der Waals surface area (Å²) in [6.07, 6.45) is 3.24. The number of ether oxygens (including phenoxy) is 1. The van der Waals surface area contributed by atoms with Crippen molar-refractivity contribution < 1.29 is 14.6 Å². The number of nitrogens with one attached hydrogen (secondary N) is 1. The second-order valence-corrected chi connectivity index (χ2v) is 4.62. The highest BCUT2D eigenvalue weighted by atomic mass is 16.5. The maximum atomic E-state index is 10.9. The number of nitrogens with two attached hydrogens (primary N) is 1. The van der Waals surface area contributed by atoms with E-state index in [1.54, 1.807) is 19.2 Å². The van der Waals surface area contributed by atoms with Gasteiger partial charge in [0.15, 0.2) is 0 Å². The fourth-order valence-electron chi connectivity index (χ4n) is 2.32. The van der Waals surface area contributed by atoms with Crippen molar-refractivity contribution in [2.75, 3.05) is 18.2 Å². The quantitative estimate of drug-likeness (QED) is 0.711. The van der Waals surface area contributed by atoms with Gasteiger partial charge in [0.1, 0.15) is 0 Å². The van der Waals surface area contributed by atoms with Gasteiger partial charge >= 0.3 is 5.97 Å². The first-order chi connectivity index (χ1) is 8.60. The van der Waals surface area contributed by atoms with Crippen LogP contribution in [0.15, 0.2) is 18.2 Å². The summed E-state index contributed by atoms with van der Waals surface area (Å²) in [7, 11) is 1.71. The zero-order valence-corrected chi connectivity index (χ0v) is 10.3. The second kappa shape index (κ2) is 5.27. The zero-order chi connectivity index (χ0) is 13.1. The minimum atomic E-state index is -0.945. The average Bonchev–Trinajstić information content (AvgIpc) is 2.79. The molecule has 0 aliphatic heterocycles. The summed E-state index contributed by atoms with van der Waals surface area (Å²) in [5, 5.41) is 12.3. The fourth-order valence-corrected chi connectivity index (χ4v) is 2.32. The lowest BCUT2D eigenvalue weighted by Crippen LogP contribution is -2.18. The molecule has 1 aromatic rings. The molecule has 1 aromatic carbocycles. The summed E-state index contributed by atoms with van der Waals surface area (Å²) in [4.78, 5) is 10.9. The van der Waals surface area contributed by atoms with Crippen LogP contribution in [-0.2, 0) is 4.74 Å². The van der Waals surface area contributed by atoms with Crippen molar-refractivity contribution in [3.8, 4) is 0 Å². The van der Waals surface area contributed by atoms with Crippen LogP contribution in [0.2, 0.25) is 0 Å². The molecule has 98 valence electrons. The van der Waals surface area contributed by atoms with Crippen LogP contribution in [0.4, 0.5) is 11.4 Å². The Hall–Kier alpha value is -1.75. The number of hydrogen-bond acceptors (Lipinski definition) is 4. The van der Waals surface area contributed by atoms with E-state index in [4.69, 9.17) is 15.6 Å². The standard InChI is InChI=1S/C13H18N2O3/c1-18-10-4-3-9(7-10)15-12-6-8(13(16)17)2-5-11(12)14/h2,5-6,9-10,15H,3-4,7,14H2,1H3,(H,16,17). The predicted molar refractivity (Wildman–Crippen MR) is 69.9 cm³/mol. The topological polar surface area (TPSA) is 84.6 Å². The molecule has 1 fully saturated rings. The first-order valence-electron chi connectivity index (χ1n) is 6.02. The van der Waals surface area contributed by atoms with E-state index in [2.05, 4.69) is 5.32 Å². The van der Waals surface area contributed by atoms with Crippen LogP contribution in [0.25, 0.3) is 0 Å². The van der Waals surface area contributed by atoms with Gasteiger partial charge in [-0.1, -0.05) is 0 Å². The van der Waals surface area contributed by atoms with Crippen molar-refractivity contribution in [1.29, 1.82) is 0 Å². The van der Waals surface area contributed by atoms with Gasteiger partial charge in [0.2, 0.25) is 0 Å². The summed E-state index contributed by atoms with van der Waals surface area (Å²) in [6.45, 7) is 0. The van der Waals surface area contributed by atoms with Crippen LogP contribution < -0.4 is 11.1 Å². The molecule has 0 radical (unpaired) electrons. The molecular formula is C13H18N2O3. The zero-order valence-electron chi connectivity index (χ0n) is 10.3. The van der Waals surface area contributed by atoms with Crippen LogP contribution in [0, 0.1) is 0 Å². The molecule has 0 aromatic heterocycles. The van der Waals surface area contributed by atoms with Gasteiger partial charge < -0.3 is 20.9 Å². The SMILES string of the molecule is COC1CCC(Nc2cc(C(=O)O)ccc2N)C1. The third-order valence-electron chi connectivity index (χ3n) is 3.38. The summed E-state index contributed by atoms with van der Waals surface area (Å²) < 4.78 is 5.31. The van der Waals surface area contributed by atoms with Crippen LogP contribution in [0.1, 0.15) is 29.6 Å². The number of carboxylic acid groups (broad SMARTS) is 1. The Balaban J connectivity index is 2.09. The first-order valence-corrected chi connectivity index (χ1v) is 6.02. The maximum absolute atomic E-state index is 10.9. The van der Waals surface area contributed by atoms with Crippen molar-refractivity contribution in [3.63, 3.8) is 0 Å². The fraction of sp³-hybridized carbons (Fsp3) is 0.462. The predicted octanol–water partition coefficient (Wildman–Crippen LogP) is 1.95. The lowest BCUT2D eigenvalue weighted by atomic mass is 10.1. The molecule has 0 spiro atoms. The Morgan fingerprint density at radius 1 is 1.50 bits per heavy atom. The van der Waals surface area contributed by atoms with E-state index in [1.165, 1.54) is 6.07 Å². The number of anilines is 2. The number of carboxylic acids is 1. The number of benzene rings is 1. The summed E-state index contributed by atoms with van der Waals surface area (Å²) in [6, 6.07) is 5.00. The molecule has 1 aliphatic rings. The van der Waals surface area contributed by atoms with Gasteiger partial charge in [-0.3, -0.25) is 0 Å². The Kier molecular flexibility index (Phi) is 3.72. The van der Waals surface area contributed by atoms with E-state index in [1.807, 2.05) is 0 Å². The molecule has 2 unspecified atom stereocenters. The van der Waals surface area contributed by atoms with Gasteiger partial charge in [-0.25, -0.2) is 4.79 Å². The van der Waals surface area contributed by atoms with E-state index in [-0.39, 0.29) is 11.7 Å².